The molecular weight excluding hydrogens is 464 g/mol. The Morgan fingerprint density at radius 1 is 0.892 bits per heavy atom. The van der Waals surface area contributed by atoms with Crippen LogP contribution < -0.4 is 16.8 Å². The molecule has 1 saturated heterocycles. The zero-order chi connectivity index (χ0) is 26.0. The molecule has 1 heterocycles. The highest BCUT2D eigenvalue weighted by molar-refractivity contribution is 5.90. The zero-order valence-electron chi connectivity index (χ0n) is 21.1. The van der Waals surface area contributed by atoms with Crippen LogP contribution in [0, 0.1) is 0 Å². The van der Waals surface area contributed by atoms with Gasteiger partial charge in [0.1, 0.15) is 6.04 Å². The van der Waals surface area contributed by atoms with Crippen LogP contribution >= 0.6 is 0 Å². The summed E-state index contributed by atoms with van der Waals surface area (Å²) in [6.45, 7) is 1.61. The highest BCUT2D eigenvalue weighted by Gasteiger charge is 2.41. The Labute approximate surface area is 218 Å². The second-order valence-electron chi connectivity index (χ2n) is 9.53. The number of hydrogen-bond acceptors (Lipinski definition) is 5. The first-order valence-corrected chi connectivity index (χ1v) is 12.8. The Kier molecular flexibility index (Phi) is 9.43. The van der Waals surface area contributed by atoms with E-state index in [2.05, 4.69) is 5.32 Å². The van der Waals surface area contributed by atoms with Crippen molar-refractivity contribution in [1.29, 1.82) is 0 Å². The molecule has 2 amide bonds. The first-order valence-electron chi connectivity index (χ1n) is 12.8. The molecule has 3 atom stereocenters. The van der Waals surface area contributed by atoms with Crippen molar-refractivity contribution in [3.63, 3.8) is 0 Å². The molecule has 3 aromatic carbocycles. The lowest BCUT2D eigenvalue weighted by atomic mass is 10.0. The molecule has 0 radical (unpaired) electrons. The van der Waals surface area contributed by atoms with Crippen LogP contribution in [0.2, 0.25) is 0 Å². The van der Waals surface area contributed by atoms with Gasteiger partial charge in [-0.2, -0.15) is 0 Å². The third-order valence-electron chi connectivity index (χ3n) is 6.81. The fourth-order valence-corrected chi connectivity index (χ4v) is 4.60. The molecule has 194 valence electrons. The summed E-state index contributed by atoms with van der Waals surface area (Å²) in [6, 6.07) is 26.3. The van der Waals surface area contributed by atoms with Gasteiger partial charge in [-0.1, -0.05) is 84.9 Å². The quantitative estimate of drug-likeness (QED) is 0.375. The van der Waals surface area contributed by atoms with Gasteiger partial charge in [-0.05, 0) is 35.1 Å². The molecular formula is C30H36N4O3. The van der Waals surface area contributed by atoms with Crippen molar-refractivity contribution in [1.82, 2.24) is 10.2 Å². The van der Waals surface area contributed by atoms with Crippen molar-refractivity contribution < 1.29 is 14.3 Å². The van der Waals surface area contributed by atoms with Gasteiger partial charge in [0.2, 0.25) is 11.8 Å². The van der Waals surface area contributed by atoms with Crippen LogP contribution in [0.4, 0.5) is 0 Å². The molecule has 1 fully saturated rings. The van der Waals surface area contributed by atoms with E-state index in [-0.39, 0.29) is 17.9 Å². The number of ether oxygens (including phenoxy) is 1. The van der Waals surface area contributed by atoms with E-state index < -0.39 is 12.1 Å². The van der Waals surface area contributed by atoms with Crippen LogP contribution in [-0.4, -0.2) is 41.4 Å². The predicted octanol–water partition coefficient (Wildman–Crippen LogP) is 2.91. The largest absolute Gasteiger partial charge is 0.372 e. The van der Waals surface area contributed by atoms with E-state index in [4.69, 9.17) is 16.2 Å². The van der Waals surface area contributed by atoms with E-state index in [9.17, 15) is 9.59 Å². The molecule has 1 aliphatic heterocycles. The number of hydrogen-bond donors (Lipinski definition) is 3. The summed E-state index contributed by atoms with van der Waals surface area (Å²) >= 11 is 0. The number of rotatable bonds is 11. The van der Waals surface area contributed by atoms with Gasteiger partial charge >= 0.3 is 0 Å². The van der Waals surface area contributed by atoms with Crippen molar-refractivity contribution in [2.75, 3.05) is 6.54 Å². The number of nitrogens with one attached hydrogen (secondary N) is 1. The monoisotopic (exact) mass is 500 g/mol. The van der Waals surface area contributed by atoms with Gasteiger partial charge < -0.3 is 26.4 Å². The summed E-state index contributed by atoms with van der Waals surface area (Å²) in [5.74, 6) is -0.411. The molecule has 5 N–H and O–H groups in total. The van der Waals surface area contributed by atoms with E-state index in [0.717, 1.165) is 22.3 Å². The van der Waals surface area contributed by atoms with Crippen molar-refractivity contribution in [3.8, 4) is 0 Å². The molecule has 0 spiro atoms. The van der Waals surface area contributed by atoms with Crippen molar-refractivity contribution >= 4 is 11.8 Å². The fourth-order valence-electron chi connectivity index (χ4n) is 4.60. The maximum absolute atomic E-state index is 13.4. The van der Waals surface area contributed by atoms with Crippen LogP contribution in [0.5, 0.6) is 0 Å². The predicted molar refractivity (Wildman–Crippen MR) is 144 cm³/mol. The van der Waals surface area contributed by atoms with E-state index in [1.165, 1.54) is 0 Å². The van der Waals surface area contributed by atoms with E-state index in [0.29, 0.717) is 45.5 Å². The second-order valence-corrected chi connectivity index (χ2v) is 9.53. The highest BCUT2D eigenvalue weighted by Crippen LogP contribution is 2.23. The van der Waals surface area contributed by atoms with Crippen molar-refractivity contribution in [2.45, 2.75) is 57.1 Å². The summed E-state index contributed by atoms with van der Waals surface area (Å²) < 4.78 is 6.12. The Bertz CT molecular complexity index is 1140. The highest BCUT2D eigenvalue weighted by atomic mass is 16.5. The SMILES string of the molecule is NCc1ccc(CNC(=O)C2CC(OCc3ccccc3)CN2C(=O)C(N)CCc2ccccc2)cc1. The van der Waals surface area contributed by atoms with Crippen molar-refractivity contribution in [3.05, 3.63) is 107 Å². The number of aryl methyl sites for hydroxylation is 1. The molecule has 0 aromatic heterocycles. The van der Waals surface area contributed by atoms with Gasteiger partial charge in [-0.25, -0.2) is 0 Å². The fraction of sp³-hybridized carbons (Fsp3) is 0.333. The molecule has 0 bridgehead atoms. The number of nitrogens with two attached hydrogens (primary N) is 2. The number of likely N-dealkylation sites (tertiary alicyclic amines) is 1. The average Bonchev–Trinajstić information content (AvgIpc) is 3.39. The number of nitrogens with zero attached hydrogens (tertiary/aromatic N) is 1. The zero-order valence-corrected chi connectivity index (χ0v) is 21.1. The molecule has 0 aliphatic carbocycles. The minimum atomic E-state index is -0.688. The van der Waals surface area contributed by atoms with Crippen molar-refractivity contribution in [2.24, 2.45) is 11.5 Å². The van der Waals surface area contributed by atoms with Crippen LogP contribution in [0.15, 0.2) is 84.9 Å². The molecule has 37 heavy (non-hydrogen) atoms. The molecule has 3 unspecified atom stereocenters. The Morgan fingerprint density at radius 3 is 2.16 bits per heavy atom. The van der Waals surface area contributed by atoms with E-state index in [1.54, 1.807) is 4.90 Å². The number of carbonyl (C=O) groups is 2. The summed E-state index contributed by atoms with van der Waals surface area (Å²) in [6.07, 6.45) is 1.40. The molecule has 0 saturated carbocycles. The minimum Gasteiger partial charge on any atom is -0.372 e. The lowest BCUT2D eigenvalue weighted by molar-refractivity contribution is -0.139. The number of carbonyl (C=O) groups excluding carboxylic acids is 2. The van der Waals surface area contributed by atoms with Gasteiger partial charge in [0.05, 0.1) is 18.8 Å². The van der Waals surface area contributed by atoms with E-state index in [1.807, 2.05) is 84.9 Å². The maximum atomic E-state index is 13.4. The lowest BCUT2D eigenvalue weighted by Gasteiger charge is -2.26. The maximum Gasteiger partial charge on any atom is 0.243 e. The minimum absolute atomic E-state index is 0.197. The summed E-state index contributed by atoms with van der Waals surface area (Å²) in [4.78, 5) is 28.3. The van der Waals surface area contributed by atoms with Gasteiger partial charge in [0.15, 0.2) is 0 Å². The molecule has 7 nitrogen and oxygen atoms in total. The summed E-state index contributed by atoms with van der Waals surface area (Å²) in [5.41, 5.74) is 16.2. The van der Waals surface area contributed by atoms with Gasteiger partial charge in [-0.3, -0.25) is 9.59 Å². The Balaban J connectivity index is 1.40. The van der Waals surface area contributed by atoms with Crippen LogP contribution in [0.1, 0.15) is 35.1 Å². The van der Waals surface area contributed by atoms with Gasteiger partial charge in [-0.15, -0.1) is 0 Å². The van der Waals surface area contributed by atoms with Gasteiger partial charge in [0, 0.05) is 26.1 Å². The number of benzene rings is 3. The Morgan fingerprint density at radius 2 is 1.51 bits per heavy atom. The average molecular weight is 501 g/mol. The molecule has 1 aliphatic rings. The van der Waals surface area contributed by atoms with Crippen LogP contribution in [-0.2, 0) is 40.4 Å². The number of amides is 2. The smallest absolute Gasteiger partial charge is 0.243 e. The lowest BCUT2D eigenvalue weighted by Crippen LogP contribution is -2.51. The molecule has 4 rings (SSSR count). The van der Waals surface area contributed by atoms with Crippen LogP contribution in [0.25, 0.3) is 0 Å². The third-order valence-corrected chi connectivity index (χ3v) is 6.81. The van der Waals surface area contributed by atoms with E-state index >= 15 is 0 Å². The molecule has 3 aromatic rings. The first kappa shape index (κ1) is 26.5. The first-order chi connectivity index (χ1) is 18.0. The van der Waals surface area contributed by atoms with Crippen LogP contribution in [0.3, 0.4) is 0 Å². The summed E-state index contributed by atoms with van der Waals surface area (Å²) in [5, 5.41) is 2.99. The summed E-state index contributed by atoms with van der Waals surface area (Å²) in [7, 11) is 0. The second kappa shape index (κ2) is 13.1. The Hall–Kier alpha value is -3.52. The van der Waals surface area contributed by atoms with Gasteiger partial charge in [0.25, 0.3) is 0 Å². The third kappa shape index (κ3) is 7.49. The standard InChI is InChI=1S/C30H36N4O3/c31-18-23-11-13-24(14-12-23)19-33-29(35)28-17-26(37-21-25-9-5-2-6-10-25)20-34(28)30(36)27(32)16-15-22-7-3-1-4-8-22/h1-14,26-28H,15-21,31-32H2,(H,33,35). The normalized spacial score (nSPS) is 17.9. The molecule has 7 heteroatoms. The topological polar surface area (TPSA) is 111 Å².